The van der Waals surface area contributed by atoms with E-state index in [9.17, 15) is 13.6 Å². The van der Waals surface area contributed by atoms with E-state index < -0.39 is 17.5 Å². The number of nitrogens with zero attached hydrogens (tertiary/aromatic N) is 4. The minimum Gasteiger partial charge on any atom is -0.493 e. The van der Waals surface area contributed by atoms with Gasteiger partial charge in [0.15, 0.2) is 17.4 Å². The molecule has 0 fully saturated rings. The molecule has 2 aromatic rings. The summed E-state index contributed by atoms with van der Waals surface area (Å²) in [6.45, 7) is 4.80. The number of nitrogens with one attached hydrogen (secondary N) is 1. The third kappa shape index (κ3) is 5.01. The maximum atomic E-state index is 14.5. The number of ether oxygens (including phenoxy) is 1. The molecule has 31 heavy (non-hydrogen) atoms. The Labute approximate surface area is 183 Å². The Bertz CT molecular complexity index is 1070. The normalized spacial score (nSPS) is 15.1. The molecule has 2 heterocycles. The maximum Gasteiger partial charge on any atom is 0.267 e. The molecule has 1 amide bonds. The van der Waals surface area contributed by atoms with E-state index in [1.54, 1.807) is 4.90 Å². The zero-order valence-corrected chi connectivity index (χ0v) is 18.1. The fourth-order valence-electron chi connectivity index (χ4n) is 3.27. The van der Waals surface area contributed by atoms with Gasteiger partial charge in [0.1, 0.15) is 11.3 Å². The summed E-state index contributed by atoms with van der Waals surface area (Å²) in [5.74, 6) is -2.14. The summed E-state index contributed by atoms with van der Waals surface area (Å²) in [7, 11) is 1.28. The summed E-state index contributed by atoms with van der Waals surface area (Å²) >= 11 is 6.04. The van der Waals surface area contributed by atoms with Crippen LogP contribution in [0, 0.1) is 11.6 Å². The third-order valence-corrected chi connectivity index (χ3v) is 4.72. The Morgan fingerprint density at radius 3 is 2.77 bits per heavy atom. The van der Waals surface area contributed by atoms with Crippen LogP contribution in [0.25, 0.3) is 10.9 Å². The number of rotatable bonds is 5. The lowest BCUT2D eigenvalue weighted by Gasteiger charge is -2.24. The van der Waals surface area contributed by atoms with Crippen LogP contribution in [0.3, 0.4) is 0 Å². The second kappa shape index (κ2) is 9.42. The summed E-state index contributed by atoms with van der Waals surface area (Å²) in [6, 6.07) is 0.624. The highest BCUT2D eigenvalue weighted by atomic mass is 35.5. The second-order valence-electron chi connectivity index (χ2n) is 7.29. The Morgan fingerprint density at radius 1 is 1.35 bits per heavy atom. The lowest BCUT2D eigenvalue weighted by Crippen LogP contribution is -2.35. The predicted molar refractivity (Wildman–Crippen MR) is 116 cm³/mol. The van der Waals surface area contributed by atoms with E-state index in [2.05, 4.69) is 20.3 Å². The fraction of sp³-hybridized carbons (Fsp3) is 0.400. The van der Waals surface area contributed by atoms with Gasteiger partial charge in [-0.2, -0.15) is 4.98 Å². The molecule has 8 nitrogen and oxygen atoms in total. The van der Waals surface area contributed by atoms with E-state index in [-0.39, 0.29) is 46.0 Å². The summed E-state index contributed by atoms with van der Waals surface area (Å²) < 4.78 is 34.0. The first kappa shape index (κ1) is 22.7. The van der Waals surface area contributed by atoms with Gasteiger partial charge in [-0.25, -0.2) is 13.8 Å². The van der Waals surface area contributed by atoms with E-state index in [0.717, 1.165) is 0 Å². The molecule has 3 N–H and O–H groups in total. The molecule has 0 saturated carbocycles. The quantitative estimate of drug-likeness (QED) is 0.533. The Hall–Kier alpha value is -3.01. The summed E-state index contributed by atoms with van der Waals surface area (Å²) in [6.07, 6.45) is 2.12. The number of halogens is 3. The Kier molecular flexibility index (Phi) is 6.89. The van der Waals surface area contributed by atoms with Gasteiger partial charge in [-0.3, -0.25) is 9.79 Å². The number of fused-ring (bicyclic) bond motifs is 1. The molecule has 1 aromatic heterocycles. The van der Waals surface area contributed by atoms with Gasteiger partial charge in [0.2, 0.25) is 5.28 Å². The van der Waals surface area contributed by atoms with Gasteiger partial charge in [-0.1, -0.05) is 0 Å². The SMILES string of the molecule is COc1c(F)cc(F)c2nc(Cl)nc(N3CCCN=C(/C=C(\N)C(=O)NC(C)C)C3)c12. The Balaban J connectivity index is 2.05. The van der Waals surface area contributed by atoms with Crippen LogP contribution >= 0.6 is 11.6 Å². The molecule has 0 bridgehead atoms. The first-order valence-corrected chi connectivity index (χ1v) is 10.0. The van der Waals surface area contributed by atoms with Crippen LogP contribution < -0.4 is 20.7 Å². The smallest absolute Gasteiger partial charge is 0.267 e. The standard InChI is InChI=1S/C20H23ClF2N6O2/c1-10(2)26-19(30)14(24)7-11-9-29(6-4-5-25-11)18-15-16(27-20(21)28-18)12(22)8-13(23)17(15)31-3/h7-8,10H,4-6,9,24H2,1-3H3,(H,26,30)/b14-7-. The monoisotopic (exact) mass is 452 g/mol. The van der Waals surface area contributed by atoms with E-state index in [1.807, 2.05) is 13.8 Å². The minimum absolute atomic E-state index is 0.00884. The molecule has 0 radical (unpaired) electrons. The van der Waals surface area contributed by atoms with Crippen LogP contribution in [-0.2, 0) is 4.79 Å². The molecule has 1 aliphatic rings. The van der Waals surface area contributed by atoms with Crippen LogP contribution in [0.5, 0.6) is 5.75 Å². The minimum atomic E-state index is -0.878. The molecule has 3 rings (SSSR count). The summed E-state index contributed by atoms with van der Waals surface area (Å²) in [5.41, 5.74) is 6.29. The number of methoxy groups -OCH3 is 1. The number of anilines is 1. The maximum absolute atomic E-state index is 14.5. The van der Waals surface area contributed by atoms with Crippen LogP contribution in [0.15, 0.2) is 22.8 Å². The highest BCUT2D eigenvalue weighted by Crippen LogP contribution is 2.37. The molecule has 1 aromatic carbocycles. The fourth-order valence-corrected chi connectivity index (χ4v) is 3.43. The highest BCUT2D eigenvalue weighted by molar-refractivity contribution is 6.29. The highest BCUT2D eigenvalue weighted by Gasteiger charge is 2.24. The van der Waals surface area contributed by atoms with Gasteiger partial charge >= 0.3 is 0 Å². The average molecular weight is 453 g/mol. The van der Waals surface area contributed by atoms with Gasteiger partial charge in [-0.05, 0) is 37.9 Å². The number of aliphatic imine (C=N–C) groups is 1. The van der Waals surface area contributed by atoms with Crippen LogP contribution in [-0.4, -0.2) is 54.4 Å². The third-order valence-electron chi connectivity index (χ3n) is 4.55. The number of hydrogen-bond donors (Lipinski definition) is 2. The van der Waals surface area contributed by atoms with Crippen molar-refractivity contribution in [3.63, 3.8) is 0 Å². The predicted octanol–water partition coefficient (Wildman–Crippen LogP) is 2.59. The van der Waals surface area contributed by atoms with Crippen molar-refractivity contribution in [2.24, 2.45) is 10.7 Å². The number of amides is 1. The largest absolute Gasteiger partial charge is 0.493 e. The van der Waals surface area contributed by atoms with E-state index in [0.29, 0.717) is 31.3 Å². The van der Waals surface area contributed by atoms with Crippen molar-refractivity contribution >= 4 is 39.9 Å². The molecular weight excluding hydrogens is 430 g/mol. The van der Waals surface area contributed by atoms with Crippen molar-refractivity contribution in [3.8, 4) is 5.75 Å². The molecular formula is C20H23ClF2N6O2. The molecule has 166 valence electrons. The second-order valence-corrected chi connectivity index (χ2v) is 7.63. The average Bonchev–Trinajstić information content (AvgIpc) is 2.93. The van der Waals surface area contributed by atoms with Crippen molar-refractivity contribution in [3.05, 3.63) is 34.8 Å². The number of benzene rings is 1. The molecule has 0 unspecified atom stereocenters. The molecule has 0 saturated heterocycles. The number of carbonyl (C=O) groups excluding carboxylic acids is 1. The zero-order valence-electron chi connectivity index (χ0n) is 17.4. The number of nitrogens with two attached hydrogens (primary N) is 1. The lowest BCUT2D eigenvalue weighted by molar-refractivity contribution is -0.118. The van der Waals surface area contributed by atoms with Crippen LogP contribution in [0.4, 0.5) is 14.6 Å². The Morgan fingerprint density at radius 2 is 2.10 bits per heavy atom. The summed E-state index contributed by atoms with van der Waals surface area (Å²) in [5, 5.41) is 2.59. The van der Waals surface area contributed by atoms with Gasteiger partial charge in [0.25, 0.3) is 5.91 Å². The topological polar surface area (TPSA) is 106 Å². The first-order chi connectivity index (χ1) is 14.7. The van der Waals surface area contributed by atoms with Crippen molar-refractivity contribution in [2.75, 3.05) is 31.6 Å². The zero-order chi connectivity index (χ0) is 22.7. The molecule has 11 heteroatoms. The van der Waals surface area contributed by atoms with E-state index >= 15 is 0 Å². The van der Waals surface area contributed by atoms with Crippen molar-refractivity contribution in [1.82, 2.24) is 15.3 Å². The first-order valence-electron chi connectivity index (χ1n) is 9.66. The van der Waals surface area contributed by atoms with Crippen LogP contribution in [0.2, 0.25) is 5.28 Å². The number of aromatic nitrogens is 2. The van der Waals surface area contributed by atoms with Crippen LogP contribution in [0.1, 0.15) is 20.3 Å². The molecule has 0 spiro atoms. The van der Waals surface area contributed by atoms with Crippen molar-refractivity contribution in [2.45, 2.75) is 26.3 Å². The van der Waals surface area contributed by atoms with Gasteiger partial charge < -0.3 is 20.7 Å². The van der Waals surface area contributed by atoms with Crippen molar-refractivity contribution < 1.29 is 18.3 Å². The lowest BCUT2D eigenvalue weighted by atomic mass is 10.1. The van der Waals surface area contributed by atoms with Gasteiger partial charge in [0.05, 0.1) is 30.4 Å². The summed E-state index contributed by atoms with van der Waals surface area (Å²) in [4.78, 5) is 26.5. The van der Waals surface area contributed by atoms with Gasteiger partial charge in [0, 0.05) is 25.2 Å². The number of hydrogen-bond acceptors (Lipinski definition) is 7. The number of carbonyl (C=O) groups is 1. The molecule has 0 aliphatic carbocycles. The van der Waals surface area contributed by atoms with Crippen molar-refractivity contribution in [1.29, 1.82) is 0 Å². The van der Waals surface area contributed by atoms with E-state index in [4.69, 9.17) is 22.1 Å². The molecule has 0 atom stereocenters. The molecule has 1 aliphatic heterocycles. The van der Waals surface area contributed by atoms with Gasteiger partial charge in [-0.15, -0.1) is 0 Å². The van der Waals surface area contributed by atoms with E-state index in [1.165, 1.54) is 13.2 Å².